The van der Waals surface area contributed by atoms with Crippen LogP contribution in [0.1, 0.15) is 24.7 Å². The number of ether oxygens (including phenoxy) is 1. The van der Waals surface area contributed by atoms with Crippen molar-refractivity contribution in [3.8, 4) is 5.75 Å². The average molecular weight is 455 g/mol. The molecule has 9 nitrogen and oxygen atoms in total. The van der Waals surface area contributed by atoms with Crippen molar-refractivity contribution in [2.24, 2.45) is 0 Å². The summed E-state index contributed by atoms with van der Waals surface area (Å²) in [4.78, 5) is 35.8. The maximum atomic E-state index is 13.0. The summed E-state index contributed by atoms with van der Waals surface area (Å²) >= 11 is 5.49. The van der Waals surface area contributed by atoms with E-state index in [1.165, 1.54) is 9.91 Å². The second kappa shape index (κ2) is 10.2. The molecule has 10 heteroatoms. The maximum absolute atomic E-state index is 13.0. The summed E-state index contributed by atoms with van der Waals surface area (Å²) in [5.41, 5.74) is 5.15. The monoisotopic (exact) mass is 454 g/mol. The van der Waals surface area contributed by atoms with Crippen LogP contribution in [0, 0.1) is 13.8 Å². The smallest absolute Gasteiger partial charge is 0.254 e. The van der Waals surface area contributed by atoms with E-state index in [0.717, 1.165) is 11.4 Å². The van der Waals surface area contributed by atoms with Gasteiger partial charge in [0.15, 0.2) is 5.11 Å². The van der Waals surface area contributed by atoms with E-state index in [9.17, 15) is 9.59 Å². The zero-order valence-corrected chi connectivity index (χ0v) is 19.1. The van der Waals surface area contributed by atoms with Gasteiger partial charge in [-0.15, -0.1) is 6.58 Å². The molecule has 2 aromatic rings. The highest BCUT2D eigenvalue weighted by Gasteiger charge is 2.43. The Hall–Kier alpha value is -3.53. The van der Waals surface area contributed by atoms with Crippen LogP contribution in [0.5, 0.6) is 5.75 Å². The molecule has 2 heterocycles. The summed E-state index contributed by atoms with van der Waals surface area (Å²) < 4.78 is 5.41. The standard InChI is InChI=1S/C22H26N6O3S/c1-5-11-27-20(30)18(13-19(29)25-16-7-9-17(10-8-16)31-6-2)28(22(27)32)26-21-23-14(3)12-15(4)24-21/h5,7-10,12,18H,1,6,11,13H2,2-4H3,(H,25,29)(H,23,24,26)/t18-/m0/s1. The van der Waals surface area contributed by atoms with Crippen molar-refractivity contribution < 1.29 is 14.3 Å². The first-order valence-electron chi connectivity index (χ1n) is 10.2. The molecule has 32 heavy (non-hydrogen) atoms. The number of benzene rings is 1. The van der Waals surface area contributed by atoms with Crippen LogP contribution in [0.4, 0.5) is 11.6 Å². The fourth-order valence-corrected chi connectivity index (χ4v) is 3.66. The number of carbonyl (C=O) groups is 2. The molecule has 2 N–H and O–H groups in total. The highest BCUT2D eigenvalue weighted by Crippen LogP contribution is 2.23. The molecule has 1 aromatic heterocycles. The number of hydrazine groups is 1. The molecule has 1 aliphatic heterocycles. The summed E-state index contributed by atoms with van der Waals surface area (Å²) in [6, 6.07) is 8.01. The second-order valence-electron chi connectivity index (χ2n) is 7.20. The number of thiocarbonyl (C=S) groups is 1. The van der Waals surface area contributed by atoms with E-state index in [-0.39, 0.29) is 29.9 Å². The number of anilines is 2. The van der Waals surface area contributed by atoms with Crippen molar-refractivity contribution in [1.82, 2.24) is 19.9 Å². The largest absolute Gasteiger partial charge is 0.494 e. The van der Waals surface area contributed by atoms with Crippen LogP contribution in [0.15, 0.2) is 43.0 Å². The third-order valence-corrected chi connectivity index (χ3v) is 5.06. The van der Waals surface area contributed by atoms with Crippen LogP contribution in [-0.2, 0) is 9.59 Å². The van der Waals surface area contributed by atoms with Crippen LogP contribution in [0.25, 0.3) is 0 Å². The van der Waals surface area contributed by atoms with Gasteiger partial charge in [-0.1, -0.05) is 6.08 Å². The molecule has 0 unspecified atom stereocenters. The third-order valence-electron chi connectivity index (χ3n) is 4.64. The number of carbonyl (C=O) groups excluding carboxylic acids is 2. The molecule has 2 amide bonds. The summed E-state index contributed by atoms with van der Waals surface area (Å²) in [6.07, 6.45) is 1.47. The van der Waals surface area contributed by atoms with Crippen molar-refractivity contribution >= 4 is 40.8 Å². The van der Waals surface area contributed by atoms with E-state index in [1.807, 2.05) is 26.8 Å². The third kappa shape index (κ3) is 5.38. The van der Waals surface area contributed by atoms with Crippen LogP contribution < -0.4 is 15.5 Å². The first-order valence-corrected chi connectivity index (χ1v) is 10.6. The number of hydrogen-bond donors (Lipinski definition) is 2. The normalized spacial score (nSPS) is 15.7. The minimum Gasteiger partial charge on any atom is -0.494 e. The highest BCUT2D eigenvalue weighted by atomic mass is 32.1. The predicted octanol–water partition coefficient (Wildman–Crippen LogP) is 2.83. The summed E-state index contributed by atoms with van der Waals surface area (Å²) in [7, 11) is 0. The van der Waals surface area contributed by atoms with Crippen LogP contribution in [0.3, 0.4) is 0 Å². The van der Waals surface area contributed by atoms with Gasteiger partial charge in [-0.3, -0.25) is 19.9 Å². The Labute approximate surface area is 192 Å². The van der Waals surface area contributed by atoms with Gasteiger partial charge in [0.05, 0.1) is 13.0 Å². The molecule has 0 bridgehead atoms. The number of amides is 2. The lowest BCUT2D eigenvalue weighted by molar-refractivity contribution is -0.130. The van der Waals surface area contributed by atoms with Gasteiger partial charge in [-0.05, 0) is 63.3 Å². The summed E-state index contributed by atoms with van der Waals surface area (Å²) in [6.45, 7) is 10.1. The molecule has 1 aromatic carbocycles. The molecule has 1 aliphatic rings. The van der Waals surface area contributed by atoms with E-state index in [2.05, 4.69) is 27.3 Å². The maximum Gasteiger partial charge on any atom is 0.254 e. The molecule has 3 rings (SSSR count). The topological polar surface area (TPSA) is 99.7 Å². The van der Waals surface area contributed by atoms with Gasteiger partial charge in [0.1, 0.15) is 11.8 Å². The Kier molecular flexibility index (Phi) is 7.37. The van der Waals surface area contributed by atoms with Gasteiger partial charge in [0.25, 0.3) is 5.91 Å². The van der Waals surface area contributed by atoms with E-state index in [4.69, 9.17) is 17.0 Å². The Morgan fingerprint density at radius 3 is 2.50 bits per heavy atom. The first kappa shape index (κ1) is 23.1. The lowest BCUT2D eigenvalue weighted by Gasteiger charge is -2.24. The number of nitrogens with one attached hydrogen (secondary N) is 2. The number of nitrogens with zero attached hydrogens (tertiary/aromatic N) is 4. The van der Waals surface area contributed by atoms with Crippen molar-refractivity contribution in [1.29, 1.82) is 0 Å². The van der Waals surface area contributed by atoms with Gasteiger partial charge in [-0.25, -0.2) is 15.0 Å². The lowest BCUT2D eigenvalue weighted by atomic mass is 10.2. The van der Waals surface area contributed by atoms with Gasteiger partial charge in [0, 0.05) is 23.6 Å². The highest BCUT2D eigenvalue weighted by molar-refractivity contribution is 7.80. The quantitative estimate of drug-likeness (QED) is 0.441. The zero-order valence-electron chi connectivity index (χ0n) is 18.3. The van der Waals surface area contributed by atoms with Gasteiger partial charge in [-0.2, -0.15) is 0 Å². The number of rotatable bonds is 9. The molecule has 0 saturated carbocycles. The van der Waals surface area contributed by atoms with Crippen molar-refractivity contribution in [2.75, 3.05) is 23.9 Å². The second-order valence-corrected chi connectivity index (χ2v) is 7.57. The molecule has 1 atom stereocenters. The van der Waals surface area contributed by atoms with E-state index in [1.54, 1.807) is 30.3 Å². The van der Waals surface area contributed by atoms with Crippen molar-refractivity contribution in [2.45, 2.75) is 33.2 Å². The Bertz CT molecular complexity index is 1010. The van der Waals surface area contributed by atoms with E-state index < -0.39 is 6.04 Å². The van der Waals surface area contributed by atoms with Gasteiger partial charge >= 0.3 is 0 Å². The lowest BCUT2D eigenvalue weighted by Crippen LogP contribution is -2.42. The zero-order chi connectivity index (χ0) is 23.3. The molecule has 168 valence electrons. The minimum atomic E-state index is -0.852. The Balaban J connectivity index is 1.77. The minimum absolute atomic E-state index is 0.113. The van der Waals surface area contributed by atoms with Gasteiger partial charge < -0.3 is 10.1 Å². The van der Waals surface area contributed by atoms with Crippen molar-refractivity contribution in [3.05, 3.63) is 54.4 Å². The molecular formula is C22H26N6O3S. The number of hydrogen-bond acceptors (Lipinski definition) is 7. The summed E-state index contributed by atoms with van der Waals surface area (Å²) in [5.74, 6) is 0.387. The molecule has 1 fully saturated rings. The molecule has 0 radical (unpaired) electrons. The molecule has 0 spiro atoms. The Morgan fingerprint density at radius 2 is 1.91 bits per heavy atom. The molecule has 0 aliphatic carbocycles. The first-order chi connectivity index (χ1) is 15.3. The summed E-state index contributed by atoms with van der Waals surface area (Å²) in [5, 5.41) is 4.51. The van der Waals surface area contributed by atoms with Crippen LogP contribution in [0.2, 0.25) is 0 Å². The molecule has 1 saturated heterocycles. The van der Waals surface area contributed by atoms with E-state index in [0.29, 0.717) is 24.0 Å². The van der Waals surface area contributed by atoms with Crippen molar-refractivity contribution in [3.63, 3.8) is 0 Å². The predicted molar refractivity (Wildman–Crippen MR) is 126 cm³/mol. The van der Waals surface area contributed by atoms with Gasteiger partial charge in [0.2, 0.25) is 11.9 Å². The fraction of sp³-hybridized carbons (Fsp3) is 0.318. The SMILES string of the molecule is C=CCN1C(=O)[C@H](CC(=O)Nc2ccc(OCC)cc2)N(Nc2nc(C)cc(C)n2)C1=S. The number of aryl methyl sites for hydroxylation is 2. The van der Waals surface area contributed by atoms with E-state index >= 15 is 0 Å². The van der Waals surface area contributed by atoms with Crippen LogP contribution >= 0.6 is 12.2 Å². The number of aromatic nitrogens is 2. The average Bonchev–Trinajstić information content (AvgIpc) is 2.94. The van der Waals surface area contributed by atoms with Crippen LogP contribution in [-0.4, -0.2) is 56.0 Å². The Morgan fingerprint density at radius 1 is 1.25 bits per heavy atom. The fourth-order valence-electron chi connectivity index (χ4n) is 3.32. The molecular weight excluding hydrogens is 428 g/mol.